The van der Waals surface area contributed by atoms with E-state index in [2.05, 4.69) is 10.0 Å². The second-order valence-electron chi connectivity index (χ2n) is 8.70. The average Bonchev–Trinajstić information content (AvgIpc) is 2.91. The Bertz CT molecular complexity index is 1320. The van der Waals surface area contributed by atoms with Crippen molar-refractivity contribution in [3.05, 3.63) is 72.3 Å². The molecule has 1 aliphatic rings. The molecule has 3 aromatic rings. The van der Waals surface area contributed by atoms with E-state index in [9.17, 15) is 13.2 Å². The van der Waals surface area contributed by atoms with Crippen LogP contribution in [0.3, 0.4) is 0 Å². The maximum Gasteiger partial charge on any atom is 0.265 e. The zero-order chi connectivity index (χ0) is 25.5. The van der Waals surface area contributed by atoms with Gasteiger partial charge in [-0.25, -0.2) is 8.42 Å². The van der Waals surface area contributed by atoms with Crippen LogP contribution >= 0.6 is 0 Å². The van der Waals surface area contributed by atoms with Crippen molar-refractivity contribution < 1.29 is 17.9 Å². The first-order chi connectivity index (χ1) is 17.4. The van der Waals surface area contributed by atoms with Crippen molar-refractivity contribution in [1.82, 2.24) is 4.90 Å². The summed E-state index contributed by atoms with van der Waals surface area (Å²) in [5, 5.41) is 3.14. The largest absolute Gasteiger partial charge is 0.495 e. The molecular formula is C27H32N4O4S. The van der Waals surface area contributed by atoms with Gasteiger partial charge in [-0.1, -0.05) is 24.3 Å². The van der Waals surface area contributed by atoms with Crippen molar-refractivity contribution in [3.63, 3.8) is 0 Å². The minimum atomic E-state index is -3.97. The van der Waals surface area contributed by atoms with Crippen LogP contribution in [0, 0.1) is 0 Å². The fourth-order valence-corrected chi connectivity index (χ4v) is 5.54. The van der Waals surface area contributed by atoms with Gasteiger partial charge < -0.3 is 20.7 Å². The molecular weight excluding hydrogens is 476 g/mol. The molecule has 0 unspecified atom stereocenters. The number of anilines is 2. The number of carbonyl (C=O) groups excluding carboxylic acids is 1. The van der Waals surface area contributed by atoms with Gasteiger partial charge >= 0.3 is 0 Å². The Labute approximate surface area is 212 Å². The molecule has 4 N–H and O–H groups in total. The van der Waals surface area contributed by atoms with E-state index in [1.165, 1.54) is 7.11 Å². The van der Waals surface area contributed by atoms with Gasteiger partial charge in [0.25, 0.3) is 15.9 Å². The third-order valence-corrected chi connectivity index (χ3v) is 7.53. The molecule has 0 spiro atoms. The van der Waals surface area contributed by atoms with E-state index in [-0.39, 0.29) is 16.6 Å². The first-order valence-corrected chi connectivity index (χ1v) is 13.5. The quantitative estimate of drug-likeness (QED) is 0.400. The molecule has 3 aromatic carbocycles. The molecule has 1 amide bonds. The van der Waals surface area contributed by atoms with Crippen molar-refractivity contribution in [2.75, 3.05) is 43.3 Å². The van der Waals surface area contributed by atoms with Gasteiger partial charge in [0, 0.05) is 37.4 Å². The second-order valence-corrected chi connectivity index (χ2v) is 10.4. The lowest BCUT2D eigenvalue weighted by Gasteiger charge is -2.26. The van der Waals surface area contributed by atoms with Gasteiger partial charge in [0.15, 0.2) is 0 Å². The maximum atomic E-state index is 13.4. The Kier molecular flexibility index (Phi) is 8.12. The lowest BCUT2D eigenvalue weighted by Crippen LogP contribution is -2.35. The molecule has 0 bridgehead atoms. The molecule has 8 nitrogen and oxygen atoms in total. The summed E-state index contributed by atoms with van der Waals surface area (Å²) in [4.78, 5) is 14.9. The predicted octanol–water partition coefficient (Wildman–Crippen LogP) is 4.16. The third kappa shape index (κ3) is 5.98. The Morgan fingerprint density at radius 3 is 2.42 bits per heavy atom. The summed E-state index contributed by atoms with van der Waals surface area (Å²) in [6.07, 6.45) is 3.18. The van der Waals surface area contributed by atoms with E-state index in [1.54, 1.807) is 42.5 Å². The highest BCUT2D eigenvalue weighted by molar-refractivity contribution is 7.92. The van der Waals surface area contributed by atoms with Gasteiger partial charge in [0.2, 0.25) is 0 Å². The lowest BCUT2D eigenvalue weighted by atomic mass is 10.0. The number of likely N-dealkylation sites (tertiary alicyclic amines) is 1. The Balaban J connectivity index is 1.63. The molecule has 9 heteroatoms. The predicted molar refractivity (Wildman–Crippen MR) is 143 cm³/mol. The minimum absolute atomic E-state index is 0.00250. The number of nitrogens with zero attached hydrogens (tertiary/aromatic N) is 1. The fraction of sp³-hybridized carbons (Fsp3) is 0.296. The van der Waals surface area contributed by atoms with Gasteiger partial charge in [-0.2, -0.15) is 0 Å². The van der Waals surface area contributed by atoms with Crippen LogP contribution in [0.15, 0.2) is 71.6 Å². The summed E-state index contributed by atoms with van der Waals surface area (Å²) in [5.41, 5.74) is 8.73. The summed E-state index contributed by atoms with van der Waals surface area (Å²) in [7, 11) is -2.54. The van der Waals surface area contributed by atoms with Crippen molar-refractivity contribution in [2.24, 2.45) is 5.73 Å². The van der Waals surface area contributed by atoms with Gasteiger partial charge in [-0.05, 0) is 72.9 Å². The monoisotopic (exact) mass is 508 g/mol. The number of hydrogen-bond acceptors (Lipinski definition) is 6. The zero-order valence-electron chi connectivity index (χ0n) is 20.4. The summed E-state index contributed by atoms with van der Waals surface area (Å²) < 4.78 is 34.8. The smallest absolute Gasteiger partial charge is 0.265 e. The summed E-state index contributed by atoms with van der Waals surface area (Å²) in [6.45, 7) is 2.57. The average molecular weight is 509 g/mol. The van der Waals surface area contributed by atoms with Crippen LogP contribution in [0.4, 0.5) is 11.4 Å². The molecule has 0 radical (unpaired) electrons. The van der Waals surface area contributed by atoms with E-state index in [0.717, 1.165) is 43.6 Å². The highest BCUT2D eigenvalue weighted by Gasteiger charge is 2.22. The first kappa shape index (κ1) is 25.5. The van der Waals surface area contributed by atoms with Crippen LogP contribution in [0.2, 0.25) is 0 Å². The van der Waals surface area contributed by atoms with E-state index >= 15 is 0 Å². The minimum Gasteiger partial charge on any atom is -0.495 e. The molecule has 1 heterocycles. The topological polar surface area (TPSA) is 114 Å². The molecule has 36 heavy (non-hydrogen) atoms. The van der Waals surface area contributed by atoms with E-state index < -0.39 is 10.0 Å². The number of amides is 1. The van der Waals surface area contributed by atoms with Gasteiger partial charge in [0.1, 0.15) is 10.6 Å². The molecule has 190 valence electrons. The summed E-state index contributed by atoms with van der Waals surface area (Å²) >= 11 is 0. The molecule has 0 saturated carbocycles. The van der Waals surface area contributed by atoms with E-state index in [1.807, 2.05) is 29.2 Å². The zero-order valence-corrected chi connectivity index (χ0v) is 21.2. The van der Waals surface area contributed by atoms with Gasteiger partial charge in [-0.15, -0.1) is 0 Å². The standard InChI is InChI=1S/C27H32N4O4S/c1-35-25-12-11-21(20-7-5-8-22(17-20)27(32)31-15-3-2-4-16-31)18-26(25)36(33,34)30-24-10-6-9-23(19-24)29-14-13-28/h5-12,17-19,29-30H,2-4,13-16,28H2,1H3. The first-order valence-electron chi connectivity index (χ1n) is 12.1. The maximum absolute atomic E-state index is 13.4. The Hall–Kier alpha value is -3.56. The van der Waals surface area contributed by atoms with Crippen LogP contribution in [0.25, 0.3) is 11.1 Å². The normalized spacial score (nSPS) is 13.8. The molecule has 0 aromatic heterocycles. The number of ether oxygens (including phenoxy) is 1. The Morgan fingerprint density at radius 1 is 0.944 bits per heavy atom. The van der Waals surface area contributed by atoms with Crippen molar-refractivity contribution >= 4 is 27.3 Å². The molecule has 1 fully saturated rings. The molecule has 0 aliphatic carbocycles. The number of methoxy groups -OCH3 is 1. The molecule has 1 saturated heterocycles. The summed E-state index contributed by atoms with van der Waals surface area (Å²) in [6, 6.07) is 19.3. The number of sulfonamides is 1. The molecule has 4 rings (SSSR count). The highest BCUT2D eigenvalue weighted by Crippen LogP contribution is 2.32. The van der Waals surface area contributed by atoms with Crippen molar-refractivity contribution in [3.8, 4) is 16.9 Å². The number of carbonyl (C=O) groups is 1. The second kappa shape index (κ2) is 11.5. The fourth-order valence-electron chi connectivity index (χ4n) is 4.30. The molecule has 1 aliphatic heterocycles. The Morgan fingerprint density at radius 2 is 1.67 bits per heavy atom. The van der Waals surface area contributed by atoms with Crippen LogP contribution in [0.5, 0.6) is 5.75 Å². The van der Waals surface area contributed by atoms with Gasteiger partial charge in [-0.3, -0.25) is 9.52 Å². The van der Waals surface area contributed by atoms with E-state index in [4.69, 9.17) is 10.5 Å². The van der Waals surface area contributed by atoms with Crippen LogP contribution in [0.1, 0.15) is 29.6 Å². The highest BCUT2D eigenvalue weighted by atomic mass is 32.2. The van der Waals surface area contributed by atoms with Gasteiger partial charge in [0.05, 0.1) is 12.8 Å². The number of rotatable bonds is 9. The van der Waals surface area contributed by atoms with Crippen molar-refractivity contribution in [2.45, 2.75) is 24.2 Å². The van der Waals surface area contributed by atoms with Crippen molar-refractivity contribution in [1.29, 1.82) is 0 Å². The molecule has 0 atom stereocenters. The number of piperidine rings is 1. The van der Waals surface area contributed by atoms with Crippen LogP contribution in [-0.4, -0.2) is 52.5 Å². The van der Waals surface area contributed by atoms with E-state index in [0.29, 0.717) is 29.9 Å². The summed E-state index contributed by atoms with van der Waals surface area (Å²) in [5.74, 6) is 0.229. The number of hydrogen-bond donors (Lipinski definition) is 3. The number of nitrogens with two attached hydrogens (primary N) is 1. The van der Waals surface area contributed by atoms with Crippen LogP contribution in [-0.2, 0) is 10.0 Å². The SMILES string of the molecule is COc1ccc(-c2cccc(C(=O)N3CCCCC3)c2)cc1S(=O)(=O)Nc1cccc(NCCN)c1. The number of benzene rings is 3. The number of nitrogens with one attached hydrogen (secondary N) is 2. The third-order valence-electron chi connectivity index (χ3n) is 6.13. The van der Waals surface area contributed by atoms with Crippen LogP contribution < -0.4 is 20.5 Å². The lowest BCUT2D eigenvalue weighted by molar-refractivity contribution is 0.0724.